The third-order valence-electron chi connectivity index (χ3n) is 5.17. The van der Waals surface area contributed by atoms with Gasteiger partial charge in [0.1, 0.15) is 17.4 Å². The summed E-state index contributed by atoms with van der Waals surface area (Å²) in [5.74, 6) is 2.88. The normalized spacial score (nSPS) is 20.3. The topological polar surface area (TPSA) is 27.1 Å². The van der Waals surface area contributed by atoms with E-state index in [1.54, 1.807) is 0 Å². The molecule has 0 bridgehead atoms. The van der Waals surface area contributed by atoms with Crippen molar-refractivity contribution in [1.82, 2.24) is 9.55 Å². The van der Waals surface area contributed by atoms with E-state index in [4.69, 9.17) is 9.72 Å². The summed E-state index contributed by atoms with van der Waals surface area (Å²) in [5.41, 5.74) is 4.80. The van der Waals surface area contributed by atoms with Crippen molar-refractivity contribution in [2.24, 2.45) is 7.05 Å². The first-order valence-electron chi connectivity index (χ1n) is 8.51. The highest BCUT2D eigenvalue weighted by molar-refractivity contribution is 5.84. The van der Waals surface area contributed by atoms with Gasteiger partial charge in [0, 0.05) is 13.0 Å². The molecule has 0 radical (unpaired) electrons. The molecule has 3 nitrogen and oxygen atoms in total. The first kappa shape index (κ1) is 13.2. The fraction of sp³-hybridized carbons (Fsp3) is 0.350. The van der Waals surface area contributed by atoms with E-state index >= 15 is 0 Å². The summed E-state index contributed by atoms with van der Waals surface area (Å²) in [6.45, 7) is 0. The average molecular weight is 304 g/mol. The van der Waals surface area contributed by atoms with Gasteiger partial charge in [-0.2, -0.15) is 0 Å². The number of aromatic nitrogens is 2. The van der Waals surface area contributed by atoms with Gasteiger partial charge in [-0.25, -0.2) is 4.98 Å². The van der Waals surface area contributed by atoms with Crippen molar-refractivity contribution in [2.45, 2.75) is 37.7 Å². The number of benzene rings is 2. The molecule has 0 N–H and O–H groups in total. The molecule has 23 heavy (non-hydrogen) atoms. The van der Waals surface area contributed by atoms with Crippen molar-refractivity contribution < 1.29 is 4.74 Å². The summed E-state index contributed by atoms with van der Waals surface area (Å²) in [5, 5.41) is 0. The van der Waals surface area contributed by atoms with Crippen molar-refractivity contribution in [1.29, 1.82) is 0 Å². The van der Waals surface area contributed by atoms with E-state index in [2.05, 4.69) is 54.1 Å². The van der Waals surface area contributed by atoms with E-state index < -0.39 is 0 Å². The minimum Gasteiger partial charge on any atom is -0.483 e. The SMILES string of the molecule is Cn1c(C2CC2)nc2c3c(ccc21)CCC(c1ccccc1)O3. The third-order valence-corrected chi connectivity index (χ3v) is 5.17. The maximum atomic E-state index is 6.42. The van der Waals surface area contributed by atoms with Gasteiger partial charge in [-0.3, -0.25) is 0 Å². The zero-order chi connectivity index (χ0) is 15.4. The van der Waals surface area contributed by atoms with Gasteiger partial charge in [0.2, 0.25) is 0 Å². The largest absolute Gasteiger partial charge is 0.483 e. The zero-order valence-electron chi connectivity index (χ0n) is 13.3. The minimum atomic E-state index is 0.140. The smallest absolute Gasteiger partial charge is 0.151 e. The number of imidazole rings is 1. The Bertz CT molecular complexity index is 878. The van der Waals surface area contributed by atoms with Crippen molar-refractivity contribution in [3.63, 3.8) is 0 Å². The molecular weight excluding hydrogens is 284 g/mol. The van der Waals surface area contributed by atoms with Crippen LogP contribution in [0.25, 0.3) is 11.0 Å². The molecule has 0 amide bonds. The molecule has 2 aliphatic rings. The van der Waals surface area contributed by atoms with Crippen LogP contribution in [0.3, 0.4) is 0 Å². The quantitative estimate of drug-likeness (QED) is 0.696. The molecule has 1 atom stereocenters. The number of aryl methyl sites for hydroxylation is 2. The van der Waals surface area contributed by atoms with Gasteiger partial charge in [-0.1, -0.05) is 36.4 Å². The lowest BCUT2D eigenvalue weighted by molar-refractivity contribution is 0.179. The lowest BCUT2D eigenvalue weighted by Crippen LogP contribution is -2.15. The van der Waals surface area contributed by atoms with Crippen LogP contribution in [0.1, 0.15) is 48.2 Å². The highest BCUT2D eigenvalue weighted by Crippen LogP contribution is 2.44. The molecule has 5 rings (SSSR count). The molecule has 3 heteroatoms. The van der Waals surface area contributed by atoms with Crippen LogP contribution in [0.2, 0.25) is 0 Å². The molecule has 2 aromatic carbocycles. The number of fused-ring (bicyclic) bond motifs is 3. The summed E-state index contributed by atoms with van der Waals surface area (Å²) < 4.78 is 8.68. The third kappa shape index (κ3) is 2.07. The monoisotopic (exact) mass is 304 g/mol. The standard InChI is InChI=1S/C20H20N2O/c1-22-16-11-9-14-10-12-17(13-5-3-2-4-6-13)23-19(14)18(16)21-20(22)15-7-8-15/h2-6,9,11,15,17H,7-8,10,12H2,1H3. The molecule has 2 heterocycles. The zero-order valence-corrected chi connectivity index (χ0v) is 13.3. The maximum Gasteiger partial charge on any atom is 0.151 e. The number of ether oxygens (including phenoxy) is 1. The number of hydrogen-bond acceptors (Lipinski definition) is 2. The first-order valence-corrected chi connectivity index (χ1v) is 8.51. The molecule has 3 aromatic rings. The predicted octanol–water partition coefficient (Wildman–Crippen LogP) is 4.52. The Balaban J connectivity index is 1.61. The Kier molecular flexibility index (Phi) is 2.78. The Labute approximate surface area is 135 Å². The molecular formula is C20H20N2O. The van der Waals surface area contributed by atoms with Crippen LogP contribution in [0.5, 0.6) is 5.75 Å². The molecule has 1 aliphatic heterocycles. The van der Waals surface area contributed by atoms with Crippen LogP contribution in [-0.4, -0.2) is 9.55 Å². The summed E-state index contributed by atoms with van der Waals surface area (Å²) in [7, 11) is 2.13. The highest BCUT2D eigenvalue weighted by Gasteiger charge is 2.31. The lowest BCUT2D eigenvalue weighted by Gasteiger charge is -2.26. The Morgan fingerprint density at radius 2 is 1.87 bits per heavy atom. The Morgan fingerprint density at radius 1 is 1.04 bits per heavy atom. The number of hydrogen-bond donors (Lipinski definition) is 0. The molecule has 1 saturated carbocycles. The van der Waals surface area contributed by atoms with Gasteiger partial charge in [0.15, 0.2) is 5.75 Å². The van der Waals surface area contributed by atoms with E-state index in [1.807, 2.05) is 0 Å². The van der Waals surface area contributed by atoms with E-state index in [1.165, 1.54) is 35.3 Å². The molecule has 116 valence electrons. The molecule has 1 unspecified atom stereocenters. The van der Waals surface area contributed by atoms with Gasteiger partial charge >= 0.3 is 0 Å². The molecule has 1 aliphatic carbocycles. The fourth-order valence-corrected chi connectivity index (χ4v) is 3.72. The van der Waals surface area contributed by atoms with Gasteiger partial charge in [0.25, 0.3) is 0 Å². The number of rotatable bonds is 2. The molecule has 0 spiro atoms. The Morgan fingerprint density at radius 3 is 2.65 bits per heavy atom. The van der Waals surface area contributed by atoms with Gasteiger partial charge < -0.3 is 9.30 Å². The van der Waals surface area contributed by atoms with Crippen molar-refractivity contribution in [3.8, 4) is 5.75 Å². The van der Waals surface area contributed by atoms with Crippen LogP contribution in [0.15, 0.2) is 42.5 Å². The highest BCUT2D eigenvalue weighted by atomic mass is 16.5. The van der Waals surface area contributed by atoms with E-state index in [9.17, 15) is 0 Å². The van der Waals surface area contributed by atoms with Crippen LogP contribution in [0, 0.1) is 0 Å². The Hall–Kier alpha value is -2.29. The van der Waals surface area contributed by atoms with Crippen molar-refractivity contribution >= 4 is 11.0 Å². The lowest BCUT2D eigenvalue weighted by atomic mass is 9.97. The molecule has 1 fully saturated rings. The summed E-state index contributed by atoms with van der Waals surface area (Å²) in [6.07, 6.45) is 4.77. The number of nitrogens with zero attached hydrogens (tertiary/aromatic N) is 2. The molecule has 0 saturated heterocycles. The van der Waals surface area contributed by atoms with Crippen LogP contribution in [-0.2, 0) is 13.5 Å². The second kappa shape index (κ2) is 4.85. The molecule has 1 aromatic heterocycles. The van der Waals surface area contributed by atoms with Gasteiger partial charge in [0.05, 0.1) is 5.52 Å². The van der Waals surface area contributed by atoms with Gasteiger partial charge in [-0.05, 0) is 42.9 Å². The summed E-state index contributed by atoms with van der Waals surface area (Å²) in [4.78, 5) is 4.95. The van der Waals surface area contributed by atoms with E-state index in [-0.39, 0.29) is 6.10 Å². The van der Waals surface area contributed by atoms with E-state index in [0.29, 0.717) is 5.92 Å². The van der Waals surface area contributed by atoms with Crippen LogP contribution in [0.4, 0.5) is 0 Å². The first-order chi connectivity index (χ1) is 11.3. The van der Waals surface area contributed by atoms with Crippen molar-refractivity contribution in [3.05, 3.63) is 59.4 Å². The minimum absolute atomic E-state index is 0.140. The predicted molar refractivity (Wildman–Crippen MR) is 90.8 cm³/mol. The maximum absolute atomic E-state index is 6.42. The summed E-state index contributed by atoms with van der Waals surface area (Å²) >= 11 is 0. The second-order valence-electron chi connectivity index (χ2n) is 6.78. The summed E-state index contributed by atoms with van der Waals surface area (Å²) in [6, 6.07) is 15.0. The van der Waals surface area contributed by atoms with Gasteiger partial charge in [-0.15, -0.1) is 0 Å². The van der Waals surface area contributed by atoms with Crippen molar-refractivity contribution in [2.75, 3.05) is 0 Å². The fourth-order valence-electron chi connectivity index (χ4n) is 3.72. The average Bonchev–Trinajstić information content (AvgIpc) is 3.39. The second-order valence-corrected chi connectivity index (χ2v) is 6.78. The van der Waals surface area contributed by atoms with Crippen LogP contribution >= 0.6 is 0 Å². The van der Waals surface area contributed by atoms with Crippen LogP contribution < -0.4 is 4.74 Å². The van der Waals surface area contributed by atoms with E-state index in [0.717, 1.165) is 24.1 Å².